The van der Waals surface area contributed by atoms with Crippen LogP contribution in [0.3, 0.4) is 0 Å². The summed E-state index contributed by atoms with van der Waals surface area (Å²) in [6.45, 7) is 7.61. The molecule has 0 aromatic rings. The first-order valence-electron chi connectivity index (χ1n) is 4.18. The van der Waals surface area contributed by atoms with E-state index in [1.807, 2.05) is 0 Å². The molecule has 0 amide bonds. The predicted molar refractivity (Wildman–Crippen MR) is 52.0 cm³/mol. The van der Waals surface area contributed by atoms with Gasteiger partial charge in [0.25, 0.3) is 0 Å². The van der Waals surface area contributed by atoms with Crippen molar-refractivity contribution in [3.8, 4) is 0 Å². The van der Waals surface area contributed by atoms with Crippen LogP contribution in [0.4, 0.5) is 0 Å². The van der Waals surface area contributed by atoms with Crippen LogP contribution in [0.15, 0.2) is 0 Å². The molecule has 0 fully saturated rings. The highest BCUT2D eigenvalue weighted by molar-refractivity contribution is 7.93. The van der Waals surface area contributed by atoms with Gasteiger partial charge in [-0.3, -0.25) is 0 Å². The van der Waals surface area contributed by atoms with Gasteiger partial charge in [0.1, 0.15) is 0 Å². The second-order valence-corrected chi connectivity index (χ2v) is 3.84. The summed E-state index contributed by atoms with van der Waals surface area (Å²) in [5, 5.41) is 3.39. The van der Waals surface area contributed by atoms with Gasteiger partial charge in [0.2, 0.25) is 0 Å². The normalized spacial score (nSPS) is 13.9. The van der Waals surface area contributed by atoms with Crippen molar-refractivity contribution in [2.75, 3.05) is 12.3 Å². The molecular weight excluding hydrogens is 158 g/mol. The summed E-state index contributed by atoms with van der Waals surface area (Å²) < 4.78 is 8.43. The molecule has 0 saturated carbocycles. The second kappa shape index (κ2) is 6.95. The van der Waals surface area contributed by atoms with E-state index in [1.54, 1.807) is 0 Å². The molecule has 2 N–H and O–H groups in total. The molecule has 0 heterocycles. The minimum Gasteiger partial charge on any atom is -0.330 e. The maximum atomic E-state index is 8.43. The Kier molecular flexibility index (Phi) is 7.12. The third-order valence-electron chi connectivity index (χ3n) is 1.88. The molecule has 0 saturated heterocycles. The van der Waals surface area contributed by atoms with Crippen molar-refractivity contribution in [2.45, 2.75) is 33.2 Å². The highest BCUT2D eigenvalue weighted by atomic mass is 32.2. The molecule has 0 bridgehead atoms. The van der Waals surface area contributed by atoms with Crippen molar-refractivity contribution < 1.29 is 4.55 Å². The van der Waals surface area contributed by atoms with Gasteiger partial charge in [-0.1, -0.05) is 13.8 Å². The number of nitrogens with one attached hydrogen (secondary N) is 1. The maximum Gasteiger partial charge on any atom is 0.0207 e. The number of rotatable bonds is 6. The molecule has 0 radical (unpaired) electrons. The van der Waals surface area contributed by atoms with Gasteiger partial charge in [-0.05, 0) is 37.8 Å². The van der Waals surface area contributed by atoms with Crippen molar-refractivity contribution in [3.63, 3.8) is 0 Å². The topological polar surface area (TPSA) is 32.3 Å². The van der Waals surface area contributed by atoms with Gasteiger partial charge in [-0.15, -0.1) is 0 Å². The van der Waals surface area contributed by atoms with Crippen LogP contribution in [0, 0.1) is 5.92 Å². The van der Waals surface area contributed by atoms with Crippen LogP contribution in [0.5, 0.6) is 0 Å². The van der Waals surface area contributed by atoms with Crippen molar-refractivity contribution in [2.24, 2.45) is 5.92 Å². The first kappa shape index (κ1) is 11.3. The van der Waals surface area contributed by atoms with E-state index < -0.39 is 0 Å². The Morgan fingerprint density at radius 3 is 2.45 bits per heavy atom. The van der Waals surface area contributed by atoms with Crippen LogP contribution < -0.4 is 5.32 Å². The third kappa shape index (κ3) is 6.66. The van der Waals surface area contributed by atoms with Crippen LogP contribution in [0.25, 0.3) is 0 Å². The molecule has 0 rings (SSSR count). The zero-order chi connectivity index (χ0) is 8.69. The predicted octanol–water partition coefficient (Wildman–Crippen LogP) is 2.22. The van der Waals surface area contributed by atoms with Gasteiger partial charge in [-0.25, -0.2) is 0 Å². The largest absolute Gasteiger partial charge is 0.330 e. The number of hydrogen-bond donors (Lipinski definition) is 2. The van der Waals surface area contributed by atoms with Gasteiger partial charge >= 0.3 is 0 Å². The summed E-state index contributed by atoms with van der Waals surface area (Å²) in [7, 11) is 0. The fraction of sp³-hybridized carbons (Fsp3) is 1.00. The smallest absolute Gasteiger partial charge is 0.0207 e. The first-order valence-corrected chi connectivity index (χ1v) is 5.12. The van der Waals surface area contributed by atoms with Crippen LogP contribution in [0.2, 0.25) is 0 Å². The molecule has 0 aliphatic rings. The van der Waals surface area contributed by atoms with E-state index in [2.05, 4.69) is 26.1 Å². The lowest BCUT2D eigenvalue weighted by Crippen LogP contribution is -2.31. The Morgan fingerprint density at radius 2 is 2.00 bits per heavy atom. The minimum atomic E-state index is 0.582. The van der Waals surface area contributed by atoms with Gasteiger partial charge in [0, 0.05) is 11.8 Å². The third-order valence-corrected chi connectivity index (χ3v) is 2.35. The zero-order valence-electron chi connectivity index (χ0n) is 7.63. The molecule has 0 aromatic carbocycles. The fourth-order valence-corrected chi connectivity index (χ4v) is 0.976. The first-order chi connectivity index (χ1) is 5.18. The molecular formula is C8H19NOS. The molecule has 1 atom stereocenters. The Hall–Kier alpha value is 0.270. The molecule has 0 aliphatic carbocycles. The molecule has 0 spiro atoms. The highest BCUT2D eigenvalue weighted by Crippen LogP contribution is 2.00. The molecule has 0 aliphatic heterocycles. The highest BCUT2D eigenvalue weighted by Gasteiger charge is 2.04. The Labute approximate surface area is 74.0 Å². The lowest BCUT2D eigenvalue weighted by molar-refractivity contribution is 0.428. The van der Waals surface area contributed by atoms with Gasteiger partial charge in [0.05, 0.1) is 0 Å². The lowest BCUT2D eigenvalue weighted by atomic mass is 10.1. The summed E-state index contributed by atoms with van der Waals surface area (Å²) in [4.78, 5) is 0. The summed E-state index contributed by atoms with van der Waals surface area (Å²) in [6, 6.07) is 0.582. The van der Waals surface area contributed by atoms with E-state index in [4.69, 9.17) is 4.55 Å². The van der Waals surface area contributed by atoms with E-state index in [0.717, 1.165) is 30.8 Å². The molecule has 0 unspecified atom stereocenters. The van der Waals surface area contributed by atoms with Crippen LogP contribution in [-0.4, -0.2) is 22.9 Å². The average Bonchev–Trinajstić information content (AvgIpc) is 1.97. The Bertz CT molecular complexity index is 88.2. The SMILES string of the molecule is CC(C)[C@H](C)NCCCSO. The van der Waals surface area contributed by atoms with E-state index >= 15 is 0 Å². The van der Waals surface area contributed by atoms with Crippen molar-refractivity contribution in [3.05, 3.63) is 0 Å². The van der Waals surface area contributed by atoms with Crippen LogP contribution in [-0.2, 0) is 0 Å². The summed E-state index contributed by atoms with van der Waals surface area (Å²) in [5.41, 5.74) is 0. The number of hydrogen-bond acceptors (Lipinski definition) is 3. The molecule has 11 heavy (non-hydrogen) atoms. The van der Waals surface area contributed by atoms with Crippen molar-refractivity contribution in [1.29, 1.82) is 0 Å². The monoisotopic (exact) mass is 177 g/mol. The van der Waals surface area contributed by atoms with Gasteiger partial charge in [0.15, 0.2) is 0 Å². The van der Waals surface area contributed by atoms with E-state index in [0.29, 0.717) is 12.0 Å². The van der Waals surface area contributed by atoms with Crippen LogP contribution >= 0.6 is 12.0 Å². The zero-order valence-corrected chi connectivity index (χ0v) is 8.45. The molecule has 0 aromatic heterocycles. The second-order valence-electron chi connectivity index (χ2n) is 3.17. The van der Waals surface area contributed by atoms with Crippen molar-refractivity contribution >= 4 is 12.0 Å². The summed E-state index contributed by atoms with van der Waals surface area (Å²) in [5.74, 6) is 1.52. The lowest BCUT2D eigenvalue weighted by Gasteiger charge is -2.16. The van der Waals surface area contributed by atoms with Crippen molar-refractivity contribution in [1.82, 2.24) is 5.32 Å². The Morgan fingerprint density at radius 1 is 1.36 bits per heavy atom. The van der Waals surface area contributed by atoms with Gasteiger partial charge < -0.3 is 9.87 Å². The molecule has 3 heteroatoms. The summed E-state index contributed by atoms with van der Waals surface area (Å²) >= 11 is 0.922. The quantitative estimate of drug-likeness (QED) is 0.482. The van der Waals surface area contributed by atoms with E-state index in [1.165, 1.54) is 0 Å². The average molecular weight is 177 g/mol. The standard InChI is InChI=1S/C8H19NOS/c1-7(2)8(3)9-5-4-6-11-10/h7-10H,4-6H2,1-3H3/t8-/m0/s1. The summed E-state index contributed by atoms with van der Waals surface area (Å²) in [6.07, 6.45) is 1.04. The van der Waals surface area contributed by atoms with Crippen LogP contribution in [0.1, 0.15) is 27.2 Å². The van der Waals surface area contributed by atoms with E-state index in [-0.39, 0.29) is 0 Å². The fourth-order valence-electron chi connectivity index (χ4n) is 0.702. The van der Waals surface area contributed by atoms with Gasteiger partial charge in [-0.2, -0.15) is 0 Å². The van der Waals surface area contributed by atoms with E-state index in [9.17, 15) is 0 Å². The molecule has 68 valence electrons. The molecule has 2 nitrogen and oxygen atoms in total. The maximum absolute atomic E-state index is 8.43. The Balaban J connectivity index is 3.10. The minimum absolute atomic E-state index is 0.582.